The number of pyridine rings is 1. The zero-order valence-electron chi connectivity index (χ0n) is 16.5. The number of nitrogens with zero attached hydrogens (tertiary/aromatic N) is 3. The van der Waals surface area contributed by atoms with Crippen LogP contribution in [-0.2, 0) is 4.79 Å². The standard InChI is InChI=1S/C22H27ClN4O2/c23-18-9-8-17(26-21(28)15-5-2-1-3-6-15)13-20(18)29-22-25-12-10-19(27-22)16-7-4-11-24-14-16/h4,7,10-12,14-15,17-18,20H,1-3,5-6,8-9,13H2,(H,26,28). The summed E-state index contributed by atoms with van der Waals surface area (Å²) in [6, 6.07) is 6.04. The van der Waals surface area contributed by atoms with Gasteiger partial charge in [0.2, 0.25) is 5.91 Å². The Balaban J connectivity index is 1.38. The molecule has 4 rings (SSSR count). The number of alkyl halides is 1. The summed E-state index contributed by atoms with van der Waals surface area (Å²) in [7, 11) is 0. The third-order valence-corrected chi connectivity index (χ3v) is 6.38. The molecule has 0 aliphatic heterocycles. The lowest BCUT2D eigenvalue weighted by molar-refractivity contribution is -0.127. The van der Waals surface area contributed by atoms with Crippen LogP contribution in [0.5, 0.6) is 6.01 Å². The third kappa shape index (κ3) is 5.24. The van der Waals surface area contributed by atoms with Crippen LogP contribution in [0.25, 0.3) is 11.3 Å². The highest BCUT2D eigenvalue weighted by Gasteiger charge is 2.33. The van der Waals surface area contributed by atoms with Gasteiger partial charge in [0.25, 0.3) is 0 Å². The minimum absolute atomic E-state index is 0.0888. The first-order chi connectivity index (χ1) is 14.2. The van der Waals surface area contributed by atoms with Crippen LogP contribution in [0.1, 0.15) is 51.4 Å². The molecule has 2 heterocycles. The Bertz CT molecular complexity index is 813. The van der Waals surface area contributed by atoms with E-state index in [1.165, 1.54) is 6.42 Å². The number of carbonyl (C=O) groups excluding carboxylic acids is 1. The first-order valence-electron chi connectivity index (χ1n) is 10.5. The predicted molar refractivity (Wildman–Crippen MR) is 112 cm³/mol. The highest BCUT2D eigenvalue weighted by molar-refractivity contribution is 6.21. The van der Waals surface area contributed by atoms with E-state index in [1.807, 2.05) is 18.2 Å². The normalized spacial score (nSPS) is 25.3. The third-order valence-electron chi connectivity index (χ3n) is 5.88. The topological polar surface area (TPSA) is 77.0 Å². The molecule has 6 nitrogen and oxygen atoms in total. The Morgan fingerprint density at radius 3 is 2.76 bits per heavy atom. The van der Waals surface area contributed by atoms with Gasteiger partial charge in [0.1, 0.15) is 6.10 Å². The predicted octanol–water partition coefficient (Wildman–Crippen LogP) is 4.14. The van der Waals surface area contributed by atoms with E-state index in [0.29, 0.717) is 12.4 Å². The smallest absolute Gasteiger partial charge is 0.317 e. The number of rotatable bonds is 5. The minimum atomic E-state index is -0.230. The van der Waals surface area contributed by atoms with Gasteiger partial charge >= 0.3 is 6.01 Å². The minimum Gasteiger partial charge on any atom is -0.458 e. The van der Waals surface area contributed by atoms with E-state index in [4.69, 9.17) is 16.3 Å². The van der Waals surface area contributed by atoms with Gasteiger partial charge in [-0.3, -0.25) is 9.78 Å². The molecule has 1 N–H and O–H groups in total. The molecule has 29 heavy (non-hydrogen) atoms. The molecule has 2 aliphatic carbocycles. The van der Waals surface area contributed by atoms with Crippen LogP contribution in [-0.4, -0.2) is 38.4 Å². The molecule has 1 amide bonds. The van der Waals surface area contributed by atoms with Crippen molar-refractivity contribution in [1.82, 2.24) is 20.3 Å². The lowest BCUT2D eigenvalue weighted by atomic mass is 9.87. The second-order valence-corrected chi connectivity index (χ2v) is 8.55. The number of hydrogen-bond donors (Lipinski definition) is 1. The lowest BCUT2D eigenvalue weighted by Crippen LogP contribution is -2.47. The van der Waals surface area contributed by atoms with Crippen LogP contribution in [0, 0.1) is 5.92 Å². The van der Waals surface area contributed by atoms with Gasteiger partial charge in [0.05, 0.1) is 11.1 Å². The van der Waals surface area contributed by atoms with Crippen molar-refractivity contribution >= 4 is 17.5 Å². The molecule has 0 saturated heterocycles. The van der Waals surface area contributed by atoms with E-state index in [2.05, 4.69) is 20.3 Å². The summed E-state index contributed by atoms with van der Waals surface area (Å²) in [5.74, 6) is 0.354. The van der Waals surface area contributed by atoms with Gasteiger partial charge in [0, 0.05) is 42.5 Å². The summed E-state index contributed by atoms with van der Waals surface area (Å²) in [4.78, 5) is 25.5. The summed E-state index contributed by atoms with van der Waals surface area (Å²) in [6.45, 7) is 0. The summed E-state index contributed by atoms with van der Waals surface area (Å²) in [5, 5.41) is 3.11. The van der Waals surface area contributed by atoms with E-state index in [0.717, 1.165) is 49.8 Å². The van der Waals surface area contributed by atoms with Crippen molar-refractivity contribution < 1.29 is 9.53 Å². The Morgan fingerprint density at radius 1 is 1.10 bits per heavy atom. The van der Waals surface area contributed by atoms with Crippen molar-refractivity contribution in [1.29, 1.82) is 0 Å². The molecule has 2 saturated carbocycles. The molecule has 0 spiro atoms. The summed E-state index contributed by atoms with van der Waals surface area (Å²) < 4.78 is 6.06. The first kappa shape index (κ1) is 20.1. The van der Waals surface area contributed by atoms with Crippen LogP contribution in [0.2, 0.25) is 0 Å². The zero-order valence-corrected chi connectivity index (χ0v) is 17.2. The molecule has 2 aromatic rings. The Labute approximate surface area is 176 Å². The molecule has 0 radical (unpaired) electrons. The van der Waals surface area contributed by atoms with Crippen molar-refractivity contribution in [2.45, 2.75) is 68.9 Å². The van der Waals surface area contributed by atoms with Gasteiger partial charge in [-0.15, -0.1) is 11.6 Å². The second-order valence-electron chi connectivity index (χ2n) is 7.99. The van der Waals surface area contributed by atoms with E-state index in [1.54, 1.807) is 18.6 Å². The molecule has 3 atom stereocenters. The summed E-state index contributed by atoms with van der Waals surface area (Å²) in [6.07, 6.45) is 12.8. The molecule has 7 heteroatoms. The number of halogens is 1. The van der Waals surface area contributed by atoms with E-state index in [9.17, 15) is 4.79 Å². The van der Waals surface area contributed by atoms with Gasteiger partial charge in [-0.1, -0.05) is 19.3 Å². The van der Waals surface area contributed by atoms with Crippen LogP contribution in [0.15, 0.2) is 36.8 Å². The van der Waals surface area contributed by atoms with Gasteiger partial charge in [-0.25, -0.2) is 4.98 Å². The quantitative estimate of drug-likeness (QED) is 0.744. The number of nitrogens with one attached hydrogen (secondary N) is 1. The fourth-order valence-electron chi connectivity index (χ4n) is 4.24. The largest absolute Gasteiger partial charge is 0.458 e. The van der Waals surface area contributed by atoms with Crippen LogP contribution < -0.4 is 10.1 Å². The molecule has 0 aromatic carbocycles. The monoisotopic (exact) mass is 414 g/mol. The average Bonchev–Trinajstić information content (AvgIpc) is 2.77. The van der Waals surface area contributed by atoms with Gasteiger partial charge in [-0.05, 0) is 43.9 Å². The van der Waals surface area contributed by atoms with Crippen molar-refractivity contribution in [2.75, 3.05) is 0 Å². The maximum absolute atomic E-state index is 12.6. The van der Waals surface area contributed by atoms with Crippen molar-refractivity contribution in [3.63, 3.8) is 0 Å². The van der Waals surface area contributed by atoms with Crippen LogP contribution >= 0.6 is 11.6 Å². The molecule has 2 aromatic heterocycles. The van der Waals surface area contributed by atoms with Gasteiger partial charge < -0.3 is 10.1 Å². The van der Waals surface area contributed by atoms with Crippen molar-refractivity contribution in [3.05, 3.63) is 36.8 Å². The Kier molecular flexibility index (Phi) is 6.60. The molecule has 154 valence electrons. The van der Waals surface area contributed by atoms with Crippen LogP contribution in [0.4, 0.5) is 0 Å². The highest BCUT2D eigenvalue weighted by atomic mass is 35.5. The van der Waals surface area contributed by atoms with Gasteiger partial charge in [0.15, 0.2) is 0 Å². The molecule has 3 unspecified atom stereocenters. The van der Waals surface area contributed by atoms with E-state index >= 15 is 0 Å². The fraction of sp³-hybridized carbons (Fsp3) is 0.545. The first-order valence-corrected chi connectivity index (χ1v) is 11.0. The Hall–Kier alpha value is -2.21. The second kappa shape index (κ2) is 9.53. The average molecular weight is 415 g/mol. The lowest BCUT2D eigenvalue weighted by Gasteiger charge is -2.34. The fourth-order valence-corrected chi connectivity index (χ4v) is 4.52. The maximum Gasteiger partial charge on any atom is 0.317 e. The molecule has 2 fully saturated rings. The number of hydrogen-bond acceptors (Lipinski definition) is 5. The summed E-state index contributed by atoms with van der Waals surface area (Å²) in [5.41, 5.74) is 1.66. The van der Waals surface area contributed by atoms with Crippen molar-refractivity contribution in [2.24, 2.45) is 5.92 Å². The highest BCUT2D eigenvalue weighted by Crippen LogP contribution is 2.29. The summed E-state index contributed by atoms with van der Waals surface area (Å²) >= 11 is 6.54. The van der Waals surface area contributed by atoms with Crippen molar-refractivity contribution in [3.8, 4) is 17.3 Å². The molecule has 2 aliphatic rings. The maximum atomic E-state index is 12.6. The molecular weight excluding hydrogens is 388 g/mol. The van der Waals surface area contributed by atoms with E-state index < -0.39 is 0 Å². The zero-order chi connectivity index (χ0) is 20.1. The number of aromatic nitrogens is 3. The SMILES string of the molecule is O=C(NC1CCC(Cl)C(Oc2nccc(-c3cccnc3)n2)C1)C1CCCCC1. The molecule has 0 bridgehead atoms. The Morgan fingerprint density at radius 2 is 1.97 bits per heavy atom. The number of carbonyl (C=O) groups is 1. The molecular formula is C22H27ClN4O2. The number of amides is 1. The van der Waals surface area contributed by atoms with E-state index in [-0.39, 0.29) is 29.3 Å². The number of ether oxygens (including phenoxy) is 1. The van der Waals surface area contributed by atoms with Gasteiger partial charge in [-0.2, -0.15) is 4.98 Å². The van der Waals surface area contributed by atoms with Crippen LogP contribution in [0.3, 0.4) is 0 Å².